The third kappa shape index (κ3) is 4.59. The maximum atomic E-state index is 14.9. The van der Waals surface area contributed by atoms with Crippen LogP contribution in [0, 0.1) is 5.82 Å². The van der Waals surface area contributed by atoms with Gasteiger partial charge in [0.15, 0.2) is 6.10 Å². The molecule has 0 aliphatic carbocycles. The van der Waals surface area contributed by atoms with Crippen molar-refractivity contribution >= 4 is 5.97 Å². The van der Waals surface area contributed by atoms with Crippen LogP contribution in [0.4, 0.5) is 17.6 Å². The third-order valence-electron chi connectivity index (χ3n) is 4.66. The van der Waals surface area contributed by atoms with E-state index >= 15 is 0 Å². The maximum absolute atomic E-state index is 14.9. The number of carboxylic acid groups (broad SMARTS) is 1. The Hall–Kier alpha value is -2.61. The molecule has 4 nitrogen and oxygen atoms in total. The van der Waals surface area contributed by atoms with Crippen LogP contribution in [0.1, 0.15) is 50.0 Å². The van der Waals surface area contributed by atoms with Crippen LogP contribution >= 0.6 is 0 Å². The number of aliphatic carboxylic acids is 1. The summed E-state index contributed by atoms with van der Waals surface area (Å²) >= 11 is 0. The van der Waals surface area contributed by atoms with Crippen LogP contribution in [-0.2, 0) is 22.1 Å². The average molecular weight is 426 g/mol. The predicted octanol–water partition coefficient (Wildman–Crippen LogP) is 5.78. The van der Waals surface area contributed by atoms with Crippen LogP contribution < -0.4 is 4.74 Å². The zero-order valence-electron chi connectivity index (χ0n) is 16.8. The van der Waals surface area contributed by atoms with E-state index in [-0.39, 0.29) is 5.56 Å². The summed E-state index contributed by atoms with van der Waals surface area (Å²) in [6.45, 7) is 5.08. The van der Waals surface area contributed by atoms with Crippen molar-refractivity contribution in [2.24, 2.45) is 0 Å². The summed E-state index contributed by atoms with van der Waals surface area (Å²) in [4.78, 5) is 11.9. The molecule has 0 fully saturated rings. The second kappa shape index (κ2) is 7.91. The van der Waals surface area contributed by atoms with E-state index in [1.165, 1.54) is 26.8 Å². The summed E-state index contributed by atoms with van der Waals surface area (Å²) in [7, 11) is 0. The number of rotatable bonds is 4. The average Bonchev–Trinajstić information content (AvgIpc) is 2.63. The van der Waals surface area contributed by atoms with Crippen LogP contribution in [0.5, 0.6) is 5.75 Å². The van der Waals surface area contributed by atoms with Gasteiger partial charge < -0.3 is 14.6 Å². The highest BCUT2D eigenvalue weighted by Crippen LogP contribution is 2.44. The minimum Gasteiger partial charge on any atom is -0.493 e. The molecule has 1 aliphatic rings. The normalized spacial score (nSPS) is 15.3. The highest BCUT2D eigenvalue weighted by molar-refractivity contribution is 5.82. The number of carboxylic acids is 1. The molecule has 0 saturated carbocycles. The van der Waals surface area contributed by atoms with Crippen LogP contribution in [0.25, 0.3) is 11.1 Å². The molecule has 1 N–H and O–H groups in total. The Labute approximate surface area is 171 Å². The van der Waals surface area contributed by atoms with Gasteiger partial charge in [-0.1, -0.05) is 6.07 Å². The lowest BCUT2D eigenvalue weighted by molar-refractivity contribution is -0.163. The van der Waals surface area contributed by atoms with Gasteiger partial charge in [-0.15, -0.1) is 0 Å². The number of carbonyl (C=O) groups is 1. The molecular weight excluding hydrogens is 404 g/mol. The van der Waals surface area contributed by atoms with E-state index in [0.29, 0.717) is 30.9 Å². The SMILES string of the molecule is CC(C)(C)OC(C(=O)O)c1c(C(F)(F)F)ccc(F)c1-c1ccc2c(c1)CCCO2. The molecule has 0 spiro atoms. The van der Waals surface area contributed by atoms with Crippen molar-refractivity contribution in [1.29, 1.82) is 0 Å². The number of fused-ring (bicyclic) bond motifs is 1. The fraction of sp³-hybridized carbons (Fsp3) is 0.409. The molecule has 1 atom stereocenters. The Balaban J connectivity index is 2.30. The lowest BCUT2D eigenvalue weighted by Gasteiger charge is -2.29. The topological polar surface area (TPSA) is 55.8 Å². The van der Waals surface area contributed by atoms with E-state index in [9.17, 15) is 27.5 Å². The summed E-state index contributed by atoms with van der Waals surface area (Å²) in [6, 6.07) is 5.80. The molecule has 2 aromatic carbocycles. The zero-order valence-corrected chi connectivity index (χ0v) is 16.8. The van der Waals surface area contributed by atoms with Gasteiger partial charge in [0.05, 0.1) is 17.8 Å². The maximum Gasteiger partial charge on any atom is 0.416 e. The monoisotopic (exact) mass is 426 g/mol. The molecule has 3 rings (SSSR count). The molecular formula is C22H22F4O4. The van der Waals surface area contributed by atoms with Crippen LogP contribution in [0.15, 0.2) is 30.3 Å². The first-order valence-electron chi connectivity index (χ1n) is 9.45. The minimum atomic E-state index is -4.90. The summed E-state index contributed by atoms with van der Waals surface area (Å²) in [6.07, 6.45) is -5.57. The van der Waals surface area contributed by atoms with Gasteiger partial charge in [-0.3, -0.25) is 0 Å². The molecule has 0 radical (unpaired) electrons. The molecule has 2 aromatic rings. The summed E-state index contributed by atoms with van der Waals surface area (Å²) in [5, 5.41) is 9.70. The largest absolute Gasteiger partial charge is 0.493 e. The number of alkyl halides is 3. The molecule has 0 saturated heterocycles. The molecule has 162 valence electrons. The first kappa shape index (κ1) is 22.1. The number of hydrogen-bond acceptors (Lipinski definition) is 3. The van der Waals surface area contributed by atoms with E-state index < -0.39 is 46.4 Å². The molecule has 1 aliphatic heterocycles. The minimum absolute atomic E-state index is 0.140. The second-order valence-corrected chi connectivity index (χ2v) is 8.10. The van der Waals surface area contributed by atoms with Crippen molar-refractivity contribution in [3.05, 3.63) is 52.8 Å². The van der Waals surface area contributed by atoms with Gasteiger partial charge in [0.2, 0.25) is 0 Å². The molecule has 0 amide bonds. The Kier molecular flexibility index (Phi) is 5.82. The summed E-state index contributed by atoms with van der Waals surface area (Å²) in [5.74, 6) is -2.01. The Morgan fingerprint density at radius 2 is 1.87 bits per heavy atom. The first-order valence-corrected chi connectivity index (χ1v) is 9.45. The Morgan fingerprint density at radius 3 is 2.47 bits per heavy atom. The molecule has 1 unspecified atom stereocenters. The van der Waals surface area contributed by atoms with Crippen molar-refractivity contribution in [2.45, 2.75) is 51.5 Å². The van der Waals surface area contributed by atoms with Crippen LogP contribution in [0.3, 0.4) is 0 Å². The summed E-state index contributed by atoms with van der Waals surface area (Å²) in [5.41, 5.74) is -2.65. The first-order chi connectivity index (χ1) is 13.9. The predicted molar refractivity (Wildman–Crippen MR) is 102 cm³/mol. The lowest BCUT2D eigenvalue weighted by Crippen LogP contribution is -2.29. The molecule has 0 aromatic heterocycles. The fourth-order valence-corrected chi connectivity index (χ4v) is 3.51. The van der Waals surface area contributed by atoms with Gasteiger partial charge in [0.1, 0.15) is 11.6 Å². The highest BCUT2D eigenvalue weighted by Gasteiger charge is 2.41. The quantitative estimate of drug-likeness (QED) is 0.630. The standard InChI is InChI=1S/C22H22F4O4/c1-21(2,3)30-19(20(27)28)18-14(22(24,25)26)7-8-15(23)17(18)13-6-9-16-12(11-13)5-4-10-29-16/h6-9,11,19H,4-5,10H2,1-3H3,(H,27,28). The van der Waals surface area contributed by atoms with Gasteiger partial charge in [-0.05, 0) is 69.0 Å². The number of hydrogen-bond donors (Lipinski definition) is 1. The van der Waals surface area contributed by atoms with E-state index in [1.54, 1.807) is 12.1 Å². The number of halogens is 4. The highest BCUT2D eigenvalue weighted by atomic mass is 19.4. The number of ether oxygens (including phenoxy) is 2. The number of aryl methyl sites for hydroxylation is 1. The van der Waals surface area contributed by atoms with Crippen molar-refractivity contribution < 1.29 is 36.9 Å². The molecule has 0 bridgehead atoms. The van der Waals surface area contributed by atoms with Gasteiger partial charge in [0, 0.05) is 11.1 Å². The van der Waals surface area contributed by atoms with Gasteiger partial charge >= 0.3 is 12.1 Å². The van der Waals surface area contributed by atoms with Gasteiger partial charge in [0.25, 0.3) is 0 Å². The second-order valence-electron chi connectivity index (χ2n) is 8.10. The smallest absolute Gasteiger partial charge is 0.416 e. The molecule has 30 heavy (non-hydrogen) atoms. The third-order valence-corrected chi connectivity index (χ3v) is 4.66. The zero-order chi connectivity index (χ0) is 22.3. The van der Waals surface area contributed by atoms with E-state index in [4.69, 9.17) is 9.47 Å². The number of benzene rings is 2. The van der Waals surface area contributed by atoms with E-state index in [0.717, 1.165) is 12.0 Å². The van der Waals surface area contributed by atoms with Gasteiger partial charge in [-0.25, -0.2) is 9.18 Å². The molecule has 8 heteroatoms. The van der Waals surface area contributed by atoms with Crippen molar-refractivity contribution in [3.63, 3.8) is 0 Å². The molecule has 1 heterocycles. The Morgan fingerprint density at radius 1 is 1.17 bits per heavy atom. The summed E-state index contributed by atoms with van der Waals surface area (Å²) < 4.78 is 67.4. The van der Waals surface area contributed by atoms with Crippen molar-refractivity contribution in [2.75, 3.05) is 6.61 Å². The van der Waals surface area contributed by atoms with Crippen molar-refractivity contribution in [3.8, 4) is 16.9 Å². The van der Waals surface area contributed by atoms with Crippen molar-refractivity contribution in [1.82, 2.24) is 0 Å². The fourth-order valence-electron chi connectivity index (χ4n) is 3.51. The van der Waals surface area contributed by atoms with E-state index in [2.05, 4.69) is 0 Å². The van der Waals surface area contributed by atoms with Gasteiger partial charge in [-0.2, -0.15) is 13.2 Å². The lowest BCUT2D eigenvalue weighted by atomic mass is 9.89. The van der Waals surface area contributed by atoms with Crippen LogP contribution in [0.2, 0.25) is 0 Å². The Bertz CT molecular complexity index is 961. The van der Waals surface area contributed by atoms with E-state index in [1.807, 2.05) is 0 Å². The van der Waals surface area contributed by atoms with Crippen LogP contribution in [-0.4, -0.2) is 23.3 Å².